The molecule has 0 radical (unpaired) electrons. The summed E-state index contributed by atoms with van der Waals surface area (Å²) in [5.74, 6) is -9.93. The fourth-order valence-corrected chi connectivity index (χ4v) is 10.7. The van der Waals surface area contributed by atoms with Crippen LogP contribution in [-0.2, 0) is 75.0 Å². The van der Waals surface area contributed by atoms with Crippen molar-refractivity contribution in [3.8, 4) is 11.5 Å². The van der Waals surface area contributed by atoms with Gasteiger partial charge in [0.1, 0.15) is 40.8 Å². The molecule has 0 heterocycles. The Labute approximate surface area is 583 Å². The molecule has 2 rings (SSSR count). The SMILES string of the molecule is CCCCCCCC(=O)CCCCCC/C=C/[C@H](C(=O)N[C@@H](Cc1ccc(OCCCC)cc1)C(=O)OC)[C@@](O)(CC(N)=O)C(=O)O.CCCCCCCC(=O)CCCCCC/C=C/[C@H](C(=O)N[C@@H](Cc1ccc(OCCCC)cc1)C(=O)OC)[C@@](O)(CC(N)=O)C(=O)OC(C)(C)C. The number of carboxylic acids is 1. The molecule has 0 saturated carbocycles. The minimum absolute atomic E-state index is 0.0206. The van der Waals surface area contributed by atoms with Gasteiger partial charge in [0.05, 0.1) is 52.1 Å². The second kappa shape index (κ2) is 50.8. The summed E-state index contributed by atoms with van der Waals surface area (Å²) in [7, 11) is 2.35. The van der Waals surface area contributed by atoms with Crippen LogP contribution in [0.25, 0.3) is 0 Å². The van der Waals surface area contributed by atoms with Crippen LogP contribution in [0.2, 0.25) is 0 Å². The highest BCUT2D eigenvalue weighted by Crippen LogP contribution is 2.30. The number of Topliss-reactive ketones (excluding diaryl/α,β-unsaturated/α-hetero) is 2. The van der Waals surface area contributed by atoms with Crippen LogP contribution in [0.5, 0.6) is 11.5 Å². The van der Waals surface area contributed by atoms with Crippen LogP contribution < -0.4 is 31.6 Å². The number of carboxylic acid groups (broad SMARTS) is 1. The normalized spacial score (nSPS) is 13.9. The Kier molecular flexibility index (Phi) is 45.9. The van der Waals surface area contributed by atoms with Crippen molar-refractivity contribution in [2.75, 3.05) is 27.4 Å². The number of carbonyl (C=O) groups excluding carboxylic acids is 9. The van der Waals surface area contributed by atoms with E-state index in [2.05, 4.69) is 38.3 Å². The van der Waals surface area contributed by atoms with Crippen molar-refractivity contribution in [3.05, 3.63) is 84.0 Å². The van der Waals surface area contributed by atoms with Gasteiger partial charge in [-0.15, -0.1) is 0 Å². The van der Waals surface area contributed by atoms with E-state index in [1.165, 1.54) is 57.8 Å². The van der Waals surface area contributed by atoms with Crippen molar-refractivity contribution in [1.29, 1.82) is 0 Å². The predicted molar refractivity (Wildman–Crippen MR) is 377 cm³/mol. The summed E-state index contributed by atoms with van der Waals surface area (Å²) in [6.07, 6.45) is 28.8. The summed E-state index contributed by atoms with van der Waals surface area (Å²) in [5.41, 5.74) is 5.53. The van der Waals surface area contributed by atoms with Gasteiger partial charge in [0.15, 0.2) is 11.2 Å². The molecule has 552 valence electrons. The number of primary amides is 2. The van der Waals surface area contributed by atoms with E-state index < -0.39 is 101 Å². The number of unbranched alkanes of at least 4 members (excludes halogenated alkanes) is 18. The number of rotatable bonds is 54. The Bertz CT molecular complexity index is 2740. The van der Waals surface area contributed by atoms with Gasteiger partial charge in [-0.2, -0.15) is 0 Å². The smallest absolute Gasteiger partial charge is 0.340 e. The summed E-state index contributed by atoms with van der Waals surface area (Å²) in [5, 5.41) is 37.8. The average molecular weight is 1380 g/mol. The van der Waals surface area contributed by atoms with Gasteiger partial charge in [0, 0.05) is 38.5 Å². The zero-order valence-electron chi connectivity index (χ0n) is 60.4. The first-order valence-electron chi connectivity index (χ1n) is 35.7. The molecule has 98 heavy (non-hydrogen) atoms. The largest absolute Gasteiger partial charge is 0.494 e. The number of aliphatic hydroxyl groups is 2. The van der Waals surface area contributed by atoms with Crippen molar-refractivity contribution < 1.29 is 86.9 Å². The molecule has 22 nitrogen and oxygen atoms in total. The number of ether oxygens (including phenoxy) is 5. The van der Waals surface area contributed by atoms with E-state index in [0.717, 1.165) is 103 Å². The Morgan fingerprint density at radius 1 is 0.469 bits per heavy atom. The molecular formula is C76H120N4O18. The third kappa shape index (κ3) is 38.0. The van der Waals surface area contributed by atoms with Gasteiger partial charge in [-0.05, 0) is 120 Å². The number of methoxy groups -OCH3 is 2. The van der Waals surface area contributed by atoms with Gasteiger partial charge in [-0.1, -0.05) is 166 Å². The zero-order chi connectivity index (χ0) is 73.4. The van der Waals surface area contributed by atoms with Crippen LogP contribution in [0.1, 0.15) is 252 Å². The minimum atomic E-state index is -2.85. The number of amides is 4. The second-order valence-electron chi connectivity index (χ2n) is 26.3. The number of aliphatic carboxylic acids is 1. The molecule has 2 aromatic carbocycles. The van der Waals surface area contributed by atoms with E-state index in [-0.39, 0.29) is 18.6 Å². The molecule has 0 aliphatic rings. The van der Waals surface area contributed by atoms with E-state index in [1.54, 1.807) is 81.5 Å². The molecule has 0 unspecified atom stereocenters. The number of allylic oxidation sites excluding steroid dienone is 2. The number of benzene rings is 2. The van der Waals surface area contributed by atoms with Gasteiger partial charge in [0.25, 0.3) is 0 Å². The van der Waals surface area contributed by atoms with E-state index in [0.29, 0.717) is 86.6 Å². The molecule has 9 N–H and O–H groups in total. The van der Waals surface area contributed by atoms with Crippen LogP contribution in [-0.4, -0.2) is 131 Å². The Hall–Kier alpha value is -7.46. The first kappa shape index (κ1) is 88.6. The maximum absolute atomic E-state index is 13.9. The fraction of sp³-hybridized carbons (Fsp3) is 0.658. The number of nitrogens with one attached hydrogen (secondary N) is 2. The van der Waals surface area contributed by atoms with Gasteiger partial charge in [-0.25, -0.2) is 19.2 Å². The van der Waals surface area contributed by atoms with E-state index >= 15 is 0 Å². The van der Waals surface area contributed by atoms with E-state index in [1.807, 2.05) is 0 Å². The van der Waals surface area contributed by atoms with E-state index in [4.69, 9.17) is 35.2 Å². The number of hydrogen-bond donors (Lipinski definition) is 7. The van der Waals surface area contributed by atoms with Gasteiger partial charge in [0.2, 0.25) is 23.6 Å². The topological polar surface area (TPSA) is 354 Å². The van der Waals surface area contributed by atoms with Gasteiger partial charge < -0.3 is 61.1 Å². The molecule has 6 atom stereocenters. The molecule has 22 heteroatoms. The number of nitrogens with two attached hydrogens (primary N) is 2. The Morgan fingerprint density at radius 2 is 0.796 bits per heavy atom. The maximum Gasteiger partial charge on any atom is 0.340 e. The van der Waals surface area contributed by atoms with Crippen LogP contribution >= 0.6 is 0 Å². The number of carbonyl (C=O) groups is 10. The van der Waals surface area contributed by atoms with Crippen LogP contribution in [0.3, 0.4) is 0 Å². The molecule has 0 fully saturated rings. The highest BCUT2D eigenvalue weighted by Gasteiger charge is 2.51. The lowest BCUT2D eigenvalue weighted by molar-refractivity contribution is -0.185. The lowest BCUT2D eigenvalue weighted by atomic mass is 9.82. The molecule has 0 aliphatic heterocycles. The van der Waals surface area contributed by atoms with Crippen LogP contribution in [0.15, 0.2) is 72.8 Å². The molecular weight excluding hydrogens is 1260 g/mol. The second-order valence-corrected chi connectivity index (χ2v) is 26.3. The first-order valence-corrected chi connectivity index (χ1v) is 35.7. The van der Waals surface area contributed by atoms with Crippen molar-refractivity contribution in [2.45, 2.75) is 283 Å². The number of ketones is 2. The predicted octanol–water partition coefficient (Wildman–Crippen LogP) is 11.7. The molecule has 0 saturated heterocycles. The lowest BCUT2D eigenvalue weighted by Crippen LogP contribution is -2.57. The number of hydrogen-bond acceptors (Lipinski definition) is 17. The van der Waals surface area contributed by atoms with Crippen LogP contribution in [0.4, 0.5) is 0 Å². The third-order valence-corrected chi connectivity index (χ3v) is 16.4. The van der Waals surface area contributed by atoms with Gasteiger partial charge >= 0.3 is 23.9 Å². The van der Waals surface area contributed by atoms with Gasteiger partial charge in [-0.3, -0.25) is 28.8 Å². The third-order valence-electron chi connectivity index (χ3n) is 16.4. The maximum atomic E-state index is 13.9. The summed E-state index contributed by atoms with van der Waals surface area (Å²) >= 11 is 0. The highest BCUT2D eigenvalue weighted by molar-refractivity contribution is 5.97. The monoisotopic (exact) mass is 1380 g/mol. The van der Waals surface area contributed by atoms with Crippen molar-refractivity contribution in [3.63, 3.8) is 0 Å². The van der Waals surface area contributed by atoms with E-state index in [9.17, 15) is 63.3 Å². The first-order chi connectivity index (χ1) is 46.6. The Morgan fingerprint density at radius 3 is 1.11 bits per heavy atom. The quantitative estimate of drug-likeness (QED) is 0.0140. The molecule has 0 bridgehead atoms. The average Bonchev–Trinajstić information content (AvgIpc) is 0.882. The fourth-order valence-electron chi connectivity index (χ4n) is 10.7. The van der Waals surface area contributed by atoms with Crippen molar-refractivity contribution in [1.82, 2.24) is 10.6 Å². The summed E-state index contributed by atoms with van der Waals surface area (Å²) in [4.78, 5) is 127. The summed E-state index contributed by atoms with van der Waals surface area (Å²) < 4.78 is 26.7. The van der Waals surface area contributed by atoms with Crippen molar-refractivity contribution in [2.24, 2.45) is 23.3 Å². The molecule has 4 amide bonds. The summed E-state index contributed by atoms with van der Waals surface area (Å²) in [6, 6.07) is 11.7. The molecule has 0 aromatic heterocycles. The number of esters is 3. The molecule has 0 aliphatic carbocycles. The molecule has 0 spiro atoms. The summed E-state index contributed by atoms with van der Waals surface area (Å²) in [6.45, 7) is 14.4. The lowest BCUT2D eigenvalue weighted by Gasteiger charge is -2.34. The Balaban J connectivity index is 0.000000983. The van der Waals surface area contributed by atoms with Crippen molar-refractivity contribution >= 4 is 59.1 Å². The highest BCUT2D eigenvalue weighted by atomic mass is 16.6. The zero-order valence-corrected chi connectivity index (χ0v) is 60.4. The standard InChI is InChI=1S/C40H64N2O9.C36H56N2O9/c1-7-9-11-14-17-20-31(43)21-18-15-12-13-16-19-22-33(40(48,29-35(41)44)38(47)51-39(3,4)5)36(45)42-34(37(46)49-6)28-30-23-25-32(26-24-30)50-27-10-8-2;1-4-6-8-11-14-17-28(39)18-15-12-9-10-13-16-19-30(36(45,35(43)44)26-32(37)40)33(41)38-31(34(42)46-3)25-27-20-22-29(23-21-27)47-24-7-5-2/h19,22-26,33-34,48H,7-18,20-21,27-29H2,1-6H3,(H2,41,44)(H,42,45);16,19-23,30-31,45H,4-15,17-18,24-26H2,1-3H3,(H2,37,40)(H,38,41)(H,43,44)/b22-19+;19-16+/t33-,34+,40+;30-,31+,36+/m11/s1. The molecule has 2 aromatic rings. The minimum Gasteiger partial charge on any atom is -0.494 e. The van der Waals surface area contributed by atoms with Crippen LogP contribution in [0, 0.1) is 11.8 Å².